The van der Waals surface area contributed by atoms with Crippen LogP contribution in [0.25, 0.3) is 0 Å². The molecule has 1 aliphatic rings. The molecule has 0 amide bonds. The minimum absolute atomic E-state index is 0.236. The van der Waals surface area contributed by atoms with Crippen LogP contribution in [-0.4, -0.2) is 10.4 Å². The van der Waals surface area contributed by atoms with E-state index in [9.17, 15) is 8.78 Å². The number of hydrogen-bond acceptors (Lipinski definition) is 3. The van der Waals surface area contributed by atoms with E-state index < -0.39 is 17.2 Å². The van der Waals surface area contributed by atoms with Crippen molar-refractivity contribution >= 4 is 32.9 Å². The minimum atomic E-state index is -0.741. The Hall–Kier alpha value is -0.620. The standard InChI is InChI=1S/C12H13BrF2N2S/c1-6-5-12(2,17-11(16)18-6)7-3-8(13)10(15)4-9(7)14/h3-4,6H,5H2,1-2H3,(H2,16,17)/t6?,12-/m0/s1. The molecule has 1 aromatic rings. The van der Waals surface area contributed by atoms with E-state index in [-0.39, 0.29) is 9.72 Å². The first-order valence-electron chi connectivity index (χ1n) is 5.49. The van der Waals surface area contributed by atoms with Gasteiger partial charge in [0.05, 0.1) is 10.0 Å². The van der Waals surface area contributed by atoms with Crippen molar-refractivity contribution in [2.24, 2.45) is 10.7 Å². The lowest BCUT2D eigenvalue weighted by molar-refractivity contribution is 0.424. The molecule has 1 aromatic carbocycles. The summed E-state index contributed by atoms with van der Waals surface area (Å²) < 4.78 is 27.4. The van der Waals surface area contributed by atoms with Crippen molar-refractivity contribution in [1.82, 2.24) is 0 Å². The highest BCUT2D eigenvalue weighted by Crippen LogP contribution is 2.40. The Kier molecular flexibility index (Phi) is 3.69. The number of rotatable bonds is 1. The summed E-state index contributed by atoms with van der Waals surface area (Å²) in [5.41, 5.74) is 5.39. The van der Waals surface area contributed by atoms with E-state index in [0.717, 1.165) is 6.07 Å². The van der Waals surface area contributed by atoms with Gasteiger partial charge >= 0.3 is 0 Å². The molecule has 0 radical (unpaired) electrons. The molecule has 0 aliphatic carbocycles. The third kappa shape index (κ3) is 2.54. The molecule has 1 unspecified atom stereocenters. The van der Waals surface area contributed by atoms with Crippen LogP contribution in [0.4, 0.5) is 8.78 Å². The second kappa shape index (κ2) is 4.81. The summed E-state index contributed by atoms with van der Waals surface area (Å²) in [6.07, 6.45) is 0.660. The third-order valence-corrected chi connectivity index (χ3v) is 4.46. The largest absolute Gasteiger partial charge is 0.379 e. The second-order valence-corrected chi connectivity index (χ2v) is 6.92. The molecule has 0 saturated heterocycles. The zero-order chi connectivity index (χ0) is 13.5. The average Bonchev–Trinajstić information content (AvgIpc) is 2.21. The van der Waals surface area contributed by atoms with Gasteiger partial charge in [-0.2, -0.15) is 0 Å². The molecule has 0 saturated carbocycles. The molecular formula is C12H13BrF2N2S. The predicted molar refractivity (Wildman–Crippen MR) is 74.7 cm³/mol. The Morgan fingerprint density at radius 1 is 1.44 bits per heavy atom. The van der Waals surface area contributed by atoms with Crippen LogP contribution in [0.1, 0.15) is 25.8 Å². The molecule has 0 spiro atoms. The Morgan fingerprint density at radius 3 is 2.72 bits per heavy atom. The lowest BCUT2D eigenvalue weighted by Gasteiger charge is -2.33. The summed E-state index contributed by atoms with van der Waals surface area (Å²) in [5.74, 6) is -1.20. The topological polar surface area (TPSA) is 38.4 Å². The van der Waals surface area contributed by atoms with Gasteiger partial charge in [0, 0.05) is 16.9 Å². The summed E-state index contributed by atoms with van der Waals surface area (Å²) in [5, 5.41) is 0.687. The number of nitrogens with zero attached hydrogens (tertiary/aromatic N) is 1. The van der Waals surface area contributed by atoms with Gasteiger partial charge in [0.25, 0.3) is 0 Å². The molecule has 18 heavy (non-hydrogen) atoms. The van der Waals surface area contributed by atoms with Gasteiger partial charge in [0.1, 0.15) is 11.6 Å². The molecule has 6 heteroatoms. The highest BCUT2D eigenvalue weighted by Gasteiger charge is 2.35. The van der Waals surface area contributed by atoms with Crippen LogP contribution >= 0.6 is 27.7 Å². The molecule has 1 heterocycles. The Bertz CT molecular complexity index is 521. The van der Waals surface area contributed by atoms with Gasteiger partial charge in [0.2, 0.25) is 0 Å². The second-order valence-electron chi connectivity index (χ2n) is 4.60. The average molecular weight is 335 g/mol. The van der Waals surface area contributed by atoms with Crippen molar-refractivity contribution < 1.29 is 8.78 Å². The summed E-state index contributed by atoms with van der Waals surface area (Å²) >= 11 is 4.55. The Balaban J connectivity index is 2.54. The van der Waals surface area contributed by atoms with E-state index in [1.807, 2.05) is 13.8 Å². The molecule has 2 rings (SSSR count). The number of benzene rings is 1. The molecule has 2 atom stereocenters. The fourth-order valence-electron chi connectivity index (χ4n) is 2.23. The maximum Gasteiger partial charge on any atom is 0.155 e. The smallest absolute Gasteiger partial charge is 0.155 e. The van der Waals surface area contributed by atoms with Crippen molar-refractivity contribution in [3.8, 4) is 0 Å². The zero-order valence-corrected chi connectivity index (χ0v) is 12.4. The minimum Gasteiger partial charge on any atom is -0.379 e. The van der Waals surface area contributed by atoms with Crippen molar-refractivity contribution in [3.63, 3.8) is 0 Å². The summed E-state index contributed by atoms with van der Waals surface area (Å²) in [7, 11) is 0. The number of nitrogens with two attached hydrogens (primary N) is 1. The van der Waals surface area contributed by atoms with Crippen LogP contribution in [0.2, 0.25) is 0 Å². The van der Waals surface area contributed by atoms with Gasteiger partial charge in [-0.3, -0.25) is 4.99 Å². The molecule has 2 nitrogen and oxygen atoms in total. The van der Waals surface area contributed by atoms with E-state index >= 15 is 0 Å². The van der Waals surface area contributed by atoms with Gasteiger partial charge in [-0.05, 0) is 35.3 Å². The van der Waals surface area contributed by atoms with Gasteiger partial charge in [-0.25, -0.2) is 8.78 Å². The maximum atomic E-state index is 13.9. The molecular weight excluding hydrogens is 322 g/mol. The molecule has 1 aliphatic heterocycles. The fourth-order valence-corrected chi connectivity index (χ4v) is 3.65. The molecule has 0 aromatic heterocycles. The van der Waals surface area contributed by atoms with Crippen LogP contribution in [0.3, 0.4) is 0 Å². The van der Waals surface area contributed by atoms with Crippen molar-refractivity contribution in [3.05, 3.63) is 33.8 Å². The van der Waals surface area contributed by atoms with Crippen molar-refractivity contribution in [1.29, 1.82) is 0 Å². The van der Waals surface area contributed by atoms with Crippen LogP contribution < -0.4 is 5.73 Å². The molecule has 0 bridgehead atoms. The van der Waals surface area contributed by atoms with Crippen molar-refractivity contribution in [2.75, 3.05) is 0 Å². The van der Waals surface area contributed by atoms with Crippen LogP contribution in [0, 0.1) is 11.6 Å². The van der Waals surface area contributed by atoms with E-state index in [4.69, 9.17) is 5.73 Å². The molecule has 0 fully saturated rings. The monoisotopic (exact) mass is 334 g/mol. The highest BCUT2D eigenvalue weighted by atomic mass is 79.9. The maximum absolute atomic E-state index is 13.9. The number of amidine groups is 1. The van der Waals surface area contributed by atoms with E-state index in [1.165, 1.54) is 17.8 Å². The van der Waals surface area contributed by atoms with Crippen molar-refractivity contribution in [2.45, 2.75) is 31.1 Å². The number of thioether (sulfide) groups is 1. The highest BCUT2D eigenvalue weighted by molar-refractivity contribution is 9.10. The normalized spacial score (nSPS) is 28.1. The summed E-state index contributed by atoms with van der Waals surface area (Å²) in [6, 6.07) is 2.33. The fraction of sp³-hybridized carbons (Fsp3) is 0.417. The van der Waals surface area contributed by atoms with Crippen LogP contribution in [0.15, 0.2) is 21.6 Å². The van der Waals surface area contributed by atoms with E-state index in [1.54, 1.807) is 0 Å². The first-order valence-corrected chi connectivity index (χ1v) is 7.16. The van der Waals surface area contributed by atoms with Gasteiger partial charge in [-0.15, -0.1) is 0 Å². The number of hydrogen-bond donors (Lipinski definition) is 1. The third-order valence-electron chi connectivity index (χ3n) is 2.95. The Labute approximate surface area is 117 Å². The Morgan fingerprint density at radius 2 is 2.11 bits per heavy atom. The van der Waals surface area contributed by atoms with Crippen LogP contribution in [0.5, 0.6) is 0 Å². The molecule has 98 valence electrons. The first-order chi connectivity index (χ1) is 8.32. The molecule has 2 N–H and O–H groups in total. The quantitative estimate of drug-likeness (QED) is 0.793. The van der Waals surface area contributed by atoms with E-state index in [0.29, 0.717) is 17.2 Å². The number of halogens is 3. The first kappa shape index (κ1) is 13.8. The predicted octanol–water partition coefficient (Wildman–Crippen LogP) is 3.78. The van der Waals surface area contributed by atoms with Crippen LogP contribution in [-0.2, 0) is 5.54 Å². The summed E-state index contributed by atoms with van der Waals surface area (Å²) in [4.78, 5) is 4.34. The van der Waals surface area contributed by atoms with E-state index in [2.05, 4.69) is 20.9 Å². The van der Waals surface area contributed by atoms with Gasteiger partial charge in [-0.1, -0.05) is 18.7 Å². The summed E-state index contributed by atoms with van der Waals surface area (Å²) in [6.45, 7) is 3.83. The SMILES string of the molecule is CC1C[C@@](C)(c2cc(Br)c(F)cc2F)N=C(N)S1. The number of aliphatic imine (C=N–C) groups is 1. The van der Waals surface area contributed by atoms with Gasteiger partial charge in [0.15, 0.2) is 5.17 Å². The van der Waals surface area contributed by atoms with Gasteiger partial charge < -0.3 is 5.73 Å². The lowest BCUT2D eigenvalue weighted by atomic mass is 9.87. The zero-order valence-electron chi connectivity index (χ0n) is 10.0. The lowest BCUT2D eigenvalue weighted by Crippen LogP contribution is -2.33.